The fourth-order valence-corrected chi connectivity index (χ4v) is 2.75. The first-order chi connectivity index (χ1) is 8.99. The molecule has 0 aliphatic carbocycles. The monoisotopic (exact) mass is 283 g/mol. The van der Waals surface area contributed by atoms with Crippen LogP contribution in [-0.2, 0) is 6.54 Å². The van der Waals surface area contributed by atoms with Gasteiger partial charge in [0.15, 0.2) is 0 Å². The molecule has 1 aromatic heterocycles. The van der Waals surface area contributed by atoms with E-state index in [2.05, 4.69) is 12.2 Å². The van der Waals surface area contributed by atoms with Crippen molar-refractivity contribution >= 4 is 17.5 Å². The zero-order chi connectivity index (χ0) is 14.0. The number of amides is 1. The Balaban J connectivity index is 2.09. The number of carbonyl (C=O) groups is 1. The van der Waals surface area contributed by atoms with E-state index in [4.69, 9.17) is 11.6 Å². The van der Waals surface area contributed by atoms with Crippen molar-refractivity contribution in [2.24, 2.45) is 0 Å². The van der Waals surface area contributed by atoms with Crippen LogP contribution in [0.2, 0.25) is 5.02 Å². The fraction of sp³-hybridized carbons (Fsp3) is 0.643. The van der Waals surface area contributed by atoms with Crippen molar-refractivity contribution in [3.8, 4) is 0 Å². The van der Waals surface area contributed by atoms with E-state index in [-0.39, 0.29) is 11.4 Å². The quantitative estimate of drug-likeness (QED) is 0.925. The molecule has 0 radical (unpaired) electrons. The molecule has 1 saturated heterocycles. The molecule has 1 N–H and O–H groups in total. The van der Waals surface area contributed by atoms with Gasteiger partial charge < -0.3 is 14.8 Å². The van der Waals surface area contributed by atoms with Crippen LogP contribution in [0.4, 0.5) is 0 Å². The molecule has 0 unspecified atom stereocenters. The molecule has 4 nitrogen and oxygen atoms in total. The lowest BCUT2D eigenvalue weighted by Crippen LogP contribution is -2.51. The normalized spacial score (nSPS) is 18.6. The Hall–Kier alpha value is -1.00. The maximum absolute atomic E-state index is 12.5. The molecule has 5 heteroatoms. The van der Waals surface area contributed by atoms with Crippen LogP contribution < -0.4 is 5.32 Å². The van der Waals surface area contributed by atoms with E-state index in [1.54, 1.807) is 6.07 Å². The lowest BCUT2D eigenvalue weighted by atomic mass is 9.90. The molecule has 106 valence electrons. The summed E-state index contributed by atoms with van der Waals surface area (Å²) in [7, 11) is 1.99. The van der Waals surface area contributed by atoms with Crippen LogP contribution in [0, 0.1) is 0 Å². The second-order valence-electron chi connectivity index (χ2n) is 5.43. The number of likely N-dealkylation sites (tertiary alicyclic amines) is 1. The van der Waals surface area contributed by atoms with Crippen molar-refractivity contribution in [3.63, 3.8) is 0 Å². The van der Waals surface area contributed by atoms with Gasteiger partial charge in [-0.2, -0.15) is 0 Å². The Morgan fingerprint density at radius 1 is 1.47 bits per heavy atom. The number of nitrogens with zero attached hydrogens (tertiary/aromatic N) is 2. The zero-order valence-electron chi connectivity index (χ0n) is 11.9. The Morgan fingerprint density at radius 3 is 2.63 bits per heavy atom. The SMILES string of the molecule is CCn1cc(Cl)cc1C(=O)N1CCC(C)(NC)CC1. The van der Waals surface area contributed by atoms with Crippen LogP contribution >= 0.6 is 11.6 Å². The summed E-state index contributed by atoms with van der Waals surface area (Å²) in [5.74, 6) is 0.0897. The smallest absolute Gasteiger partial charge is 0.270 e. The molecule has 0 saturated carbocycles. The molecule has 19 heavy (non-hydrogen) atoms. The van der Waals surface area contributed by atoms with Crippen molar-refractivity contribution in [2.45, 2.75) is 38.8 Å². The van der Waals surface area contributed by atoms with Crippen LogP contribution in [0.15, 0.2) is 12.3 Å². The van der Waals surface area contributed by atoms with Gasteiger partial charge in [0.25, 0.3) is 5.91 Å². The summed E-state index contributed by atoms with van der Waals surface area (Å²) >= 11 is 5.99. The molecule has 1 aliphatic heterocycles. The van der Waals surface area contributed by atoms with Crippen molar-refractivity contribution in [1.82, 2.24) is 14.8 Å². The lowest BCUT2D eigenvalue weighted by Gasteiger charge is -2.39. The minimum atomic E-state index is 0.0897. The predicted molar refractivity (Wildman–Crippen MR) is 77.7 cm³/mol. The standard InChI is InChI=1S/C14H22ClN3O/c1-4-17-10-11(15)9-12(17)13(19)18-7-5-14(2,16-3)6-8-18/h9-10,16H,4-8H2,1-3H3. The molecular weight excluding hydrogens is 262 g/mol. The van der Waals surface area contributed by atoms with Gasteiger partial charge >= 0.3 is 0 Å². The van der Waals surface area contributed by atoms with Gasteiger partial charge in [0.2, 0.25) is 0 Å². The Labute approximate surface area is 119 Å². The first-order valence-corrected chi connectivity index (χ1v) is 7.21. The Morgan fingerprint density at radius 2 is 2.11 bits per heavy atom. The molecule has 0 aromatic carbocycles. The van der Waals surface area contributed by atoms with Gasteiger partial charge in [-0.1, -0.05) is 11.6 Å². The van der Waals surface area contributed by atoms with Crippen LogP contribution in [0.1, 0.15) is 37.2 Å². The van der Waals surface area contributed by atoms with E-state index in [1.807, 2.05) is 29.6 Å². The van der Waals surface area contributed by atoms with Crippen molar-refractivity contribution in [1.29, 1.82) is 0 Å². The summed E-state index contributed by atoms with van der Waals surface area (Å²) in [6, 6.07) is 1.76. The number of hydrogen-bond donors (Lipinski definition) is 1. The van der Waals surface area contributed by atoms with E-state index in [0.717, 1.165) is 32.5 Å². The summed E-state index contributed by atoms with van der Waals surface area (Å²) in [4.78, 5) is 14.4. The molecule has 0 spiro atoms. The number of aromatic nitrogens is 1. The number of hydrogen-bond acceptors (Lipinski definition) is 2. The van der Waals surface area contributed by atoms with Crippen molar-refractivity contribution < 1.29 is 4.79 Å². The molecule has 2 heterocycles. The number of piperidine rings is 1. The number of rotatable bonds is 3. The van der Waals surface area contributed by atoms with Gasteiger partial charge in [-0.05, 0) is 39.8 Å². The van der Waals surface area contributed by atoms with Gasteiger partial charge in [-0.15, -0.1) is 0 Å². The maximum atomic E-state index is 12.5. The van der Waals surface area contributed by atoms with Crippen LogP contribution in [0.3, 0.4) is 0 Å². The minimum Gasteiger partial charge on any atom is -0.342 e. The number of aryl methyl sites for hydroxylation is 1. The van der Waals surface area contributed by atoms with E-state index in [0.29, 0.717) is 10.7 Å². The highest BCUT2D eigenvalue weighted by Gasteiger charge is 2.31. The first-order valence-electron chi connectivity index (χ1n) is 6.83. The van der Waals surface area contributed by atoms with Gasteiger partial charge in [0.1, 0.15) is 5.69 Å². The first kappa shape index (κ1) is 14.4. The lowest BCUT2D eigenvalue weighted by molar-refractivity contribution is 0.0651. The molecule has 1 fully saturated rings. The van der Waals surface area contributed by atoms with Gasteiger partial charge in [-0.25, -0.2) is 0 Å². The molecular formula is C14H22ClN3O. The van der Waals surface area contributed by atoms with Crippen LogP contribution in [0.25, 0.3) is 0 Å². The molecule has 0 bridgehead atoms. The summed E-state index contributed by atoms with van der Waals surface area (Å²) in [5, 5.41) is 3.97. The fourth-order valence-electron chi connectivity index (χ4n) is 2.53. The highest BCUT2D eigenvalue weighted by molar-refractivity contribution is 6.31. The number of halogens is 1. The molecule has 0 atom stereocenters. The predicted octanol–water partition coefficient (Wildman–Crippen LogP) is 2.38. The number of nitrogens with one attached hydrogen (secondary N) is 1. The second kappa shape index (κ2) is 5.55. The maximum Gasteiger partial charge on any atom is 0.270 e. The molecule has 1 aliphatic rings. The third-order valence-electron chi connectivity index (χ3n) is 4.18. The zero-order valence-corrected chi connectivity index (χ0v) is 12.6. The minimum absolute atomic E-state index is 0.0897. The Bertz CT molecular complexity index is 461. The van der Waals surface area contributed by atoms with Crippen LogP contribution in [-0.4, -0.2) is 41.1 Å². The topological polar surface area (TPSA) is 37.3 Å². The summed E-state index contributed by atoms with van der Waals surface area (Å²) in [6.07, 6.45) is 3.78. The average molecular weight is 284 g/mol. The van der Waals surface area contributed by atoms with E-state index < -0.39 is 0 Å². The average Bonchev–Trinajstić information content (AvgIpc) is 2.80. The number of carbonyl (C=O) groups excluding carboxylic acids is 1. The highest BCUT2D eigenvalue weighted by Crippen LogP contribution is 2.23. The highest BCUT2D eigenvalue weighted by atomic mass is 35.5. The van der Waals surface area contributed by atoms with E-state index >= 15 is 0 Å². The third-order valence-corrected chi connectivity index (χ3v) is 4.39. The molecule has 2 rings (SSSR count). The third kappa shape index (κ3) is 2.95. The van der Waals surface area contributed by atoms with Gasteiger partial charge in [0.05, 0.1) is 5.02 Å². The van der Waals surface area contributed by atoms with Crippen molar-refractivity contribution in [3.05, 3.63) is 23.0 Å². The van der Waals surface area contributed by atoms with Gasteiger partial charge in [-0.3, -0.25) is 4.79 Å². The summed E-state index contributed by atoms with van der Waals surface area (Å²) < 4.78 is 1.91. The Kier molecular flexibility index (Phi) is 4.21. The second-order valence-corrected chi connectivity index (χ2v) is 5.87. The summed E-state index contributed by atoms with van der Waals surface area (Å²) in [6.45, 7) is 6.57. The molecule has 1 amide bonds. The largest absolute Gasteiger partial charge is 0.342 e. The molecule has 1 aromatic rings. The van der Waals surface area contributed by atoms with E-state index in [1.165, 1.54) is 0 Å². The van der Waals surface area contributed by atoms with Gasteiger partial charge in [0, 0.05) is 31.4 Å². The van der Waals surface area contributed by atoms with Crippen molar-refractivity contribution in [2.75, 3.05) is 20.1 Å². The van der Waals surface area contributed by atoms with Crippen LogP contribution in [0.5, 0.6) is 0 Å². The summed E-state index contributed by atoms with van der Waals surface area (Å²) in [5.41, 5.74) is 0.849. The van der Waals surface area contributed by atoms with E-state index in [9.17, 15) is 4.79 Å².